The van der Waals surface area contributed by atoms with Crippen molar-refractivity contribution in [2.45, 2.75) is 31.2 Å². The maximum Gasteiger partial charge on any atom is 0.251 e. The first-order valence-corrected chi connectivity index (χ1v) is 9.73. The Bertz CT molecular complexity index is 1060. The van der Waals surface area contributed by atoms with Gasteiger partial charge >= 0.3 is 0 Å². The van der Waals surface area contributed by atoms with Crippen LogP contribution in [0.4, 0.5) is 5.69 Å². The van der Waals surface area contributed by atoms with E-state index in [0.29, 0.717) is 11.6 Å². The molecule has 140 valence electrons. The van der Waals surface area contributed by atoms with Crippen LogP contribution in [0.15, 0.2) is 60.9 Å². The van der Waals surface area contributed by atoms with Crippen molar-refractivity contribution in [2.24, 2.45) is 5.92 Å². The number of benzene rings is 2. The molecule has 2 fully saturated rings. The highest BCUT2D eigenvalue weighted by Gasteiger charge is 2.44. The fraction of sp³-hybridized carbons (Fsp3) is 0.261. The second-order valence-electron chi connectivity index (χ2n) is 7.75. The molecule has 0 aliphatic heterocycles. The first kappa shape index (κ1) is 16.9. The Balaban J connectivity index is 1.22. The van der Waals surface area contributed by atoms with Crippen molar-refractivity contribution in [3.63, 3.8) is 0 Å². The van der Waals surface area contributed by atoms with Gasteiger partial charge in [0.1, 0.15) is 0 Å². The summed E-state index contributed by atoms with van der Waals surface area (Å²) >= 11 is 0. The monoisotopic (exact) mass is 371 g/mol. The molecule has 0 saturated heterocycles. The molecule has 2 amide bonds. The minimum absolute atomic E-state index is 0.00866. The Morgan fingerprint density at radius 3 is 2.57 bits per heavy atom. The summed E-state index contributed by atoms with van der Waals surface area (Å²) in [5.41, 5.74) is 2.61. The topological polar surface area (TPSA) is 71.1 Å². The summed E-state index contributed by atoms with van der Waals surface area (Å²) in [6, 6.07) is 15.8. The number of fused-ring (bicyclic) bond motifs is 1. The number of hydrogen-bond acceptors (Lipinski definition) is 3. The average molecular weight is 371 g/mol. The zero-order chi connectivity index (χ0) is 19.1. The van der Waals surface area contributed by atoms with Crippen LogP contribution < -0.4 is 10.6 Å². The lowest BCUT2D eigenvalue weighted by Gasteiger charge is -2.07. The van der Waals surface area contributed by atoms with Crippen LogP contribution in [0, 0.1) is 5.92 Å². The van der Waals surface area contributed by atoms with E-state index in [2.05, 4.69) is 15.6 Å². The summed E-state index contributed by atoms with van der Waals surface area (Å²) in [5.74, 6) is 0.254. The molecular formula is C23H21N3O2. The van der Waals surface area contributed by atoms with E-state index in [-0.39, 0.29) is 23.7 Å². The van der Waals surface area contributed by atoms with Crippen LogP contribution in [0.5, 0.6) is 0 Å². The van der Waals surface area contributed by atoms with E-state index >= 15 is 0 Å². The van der Waals surface area contributed by atoms with Gasteiger partial charge in [-0.05, 0) is 66.5 Å². The van der Waals surface area contributed by atoms with Crippen LogP contribution >= 0.6 is 0 Å². The third kappa shape index (κ3) is 3.48. The molecule has 5 heteroatoms. The lowest BCUT2D eigenvalue weighted by Crippen LogP contribution is -2.25. The van der Waals surface area contributed by atoms with Gasteiger partial charge in [0.15, 0.2) is 0 Å². The van der Waals surface area contributed by atoms with Crippen LogP contribution in [-0.2, 0) is 4.79 Å². The van der Waals surface area contributed by atoms with Crippen molar-refractivity contribution in [2.75, 3.05) is 5.32 Å². The van der Waals surface area contributed by atoms with Gasteiger partial charge in [0, 0.05) is 41.0 Å². The number of amides is 2. The van der Waals surface area contributed by atoms with E-state index in [0.717, 1.165) is 41.3 Å². The van der Waals surface area contributed by atoms with Gasteiger partial charge < -0.3 is 10.6 Å². The Labute approximate surface area is 163 Å². The predicted octanol–water partition coefficient (Wildman–Crippen LogP) is 3.87. The quantitative estimate of drug-likeness (QED) is 0.715. The zero-order valence-corrected chi connectivity index (χ0v) is 15.4. The molecule has 2 aliphatic carbocycles. The van der Waals surface area contributed by atoms with Gasteiger partial charge in [0.05, 0.1) is 0 Å². The standard InChI is InChI=1S/C23H21N3O2/c27-22(25-18-7-8-18)15-3-1-14(2-4-15)20-12-21(20)23(28)26-19-6-5-17-13-24-10-9-16(17)11-19/h1-6,9-11,13,18,20-21H,7-8,12H2,(H,25,27)(H,26,28)/t20?,21-/m1/s1. The van der Waals surface area contributed by atoms with Gasteiger partial charge in [0.25, 0.3) is 5.91 Å². The number of anilines is 1. The van der Waals surface area contributed by atoms with Crippen LogP contribution in [0.1, 0.15) is 41.1 Å². The normalized spacial score (nSPS) is 20.6. The number of aromatic nitrogens is 1. The molecule has 1 aromatic heterocycles. The predicted molar refractivity (Wildman–Crippen MR) is 108 cm³/mol. The number of carbonyl (C=O) groups excluding carboxylic acids is 2. The molecule has 0 bridgehead atoms. The van der Waals surface area contributed by atoms with Crippen molar-refractivity contribution in [1.29, 1.82) is 0 Å². The second-order valence-corrected chi connectivity index (χ2v) is 7.75. The molecule has 2 saturated carbocycles. The fourth-order valence-corrected chi connectivity index (χ4v) is 3.63. The maximum atomic E-state index is 12.6. The molecule has 2 atom stereocenters. The third-order valence-corrected chi connectivity index (χ3v) is 5.55. The molecule has 0 radical (unpaired) electrons. The van der Waals surface area contributed by atoms with Crippen LogP contribution in [-0.4, -0.2) is 22.8 Å². The summed E-state index contributed by atoms with van der Waals surface area (Å²) in [7, 11) is 0. The zero-order valence-electron chi connectivity index (χ0n) is 15.4. The number of pyridine rings is 1. The van der Waals surface area contributed by atoms with Gasteiger partial charge in [-0.3, -0.25) is 14.6 Å². The molecule has 1 heterocycles. The molecule has 1 unspecified atom stereocenters. The summed E-state index contributed by atoms with van der Waals surface area (Å²) in [5, 5.41) is 8.13. The molecule has 0 spiro atoms. The minimum Gasteiger partial charge on any atom is -0.349 e. The summed E-state index contributed by atoms with van der Waals surface area (Å²) in [4.78, 5) is 28.8. The van der Waals surface area contributed by atoms with Crippen LogP contribution in [0.2, 0.25) is 0 Å². The highest BCUT2D eigenvalue weighted by molar-refractivity contribution is 5.97. The summed E-state index contributed by atoms with van der Waals surface area (Å²) < 4.78 is 0. The lowest BCUT2D eigenvalue weighted by atomic mass is 10.1. The van der Waals surface area contributed by atoms with E-state index in [1.54, 1.807) is 6.20 Å². The largest absolute Gasteiger partial charge is 0.349 e. The van der Waals surface area contributed by atoms with E-state index in [9.17, 15) is 9.59 Å². The first-order chi connectivity index (χ1) is 13.7. The molecule has 5 rings (SSSR count). The summed E-state index contributed by atoms with van der Waals surface area (Å²) in [6.07, 6.45) is 6.57. The molecule has 2 N–H and O–H groups in total. The maximum absolute atomic E-state index is 12.6. The Morgan fingerprint density at radius 1 is 0.964 bits per heavy atom. The molecular weight excluding hydrogens is 350 g/mol. The molecule has 3 aromatic rings. The van der Waals surface area contributed by atoms with Gasteiger partial charge in [-0.1, -0.05) is 18.2 Å². The van der Waals surface area contributed by atoms with Crippen molar-refractivity contribution < 1.29 is 9.59 Å². The van der Waals surface area contributed by atoms with E-state index in [4.69, 9.17) is 0 Å². The Morgan fingerprint density at radius 2 is 1.79 bits per heavy atom. The smallest absolute Gasteiger partial charge is 0.251 e. The van der Waals surface area contributed by atoms with Gasteiger partial charge in [0.2, 0.25) is 5.91 Å². The van der Waals surface area contributed by atoms with Crippen molar-refractivity contribution in [3.8, 4) is 0 Å². The van der Waals surface area contributed by atoms with Gasteiger partial charge in [-0.15, -0.1) is 0 Å². The number of hydrogen-bond donors (Lipinski definition) is 2. The third-order valence-electron chi connectivity index (χ3n) is 5.55. The summed E-state index contributed by atoms with van der Waals surface area (Å²) in [6.45, 7) is 0. The highest BCUT2D eigenvalue weighted by atomic mass is 16.2. The SMILES string of the molecule is O=C(NC1CC1)c1ccc(C2C[C@H]2C(=O)Nc2ccc3cnccc3c2)cc1. The van der Waals surface area contributed by atoms with E-state index in [1.807, 2.05) is 54.7 Å². The second kappa shape index (κ2) is 6.75. The van der Waals surface area contributed by atoms with Crippen LogP contribution in [0.25, 0.3) is 10.8 Å². The fourth-order valence-electron chi connectivity index (χ4n) is 3.63. The van der Waals surface area contributed by atoms with Gasteiger partial charge in [-0.25, -0.2) is 0 Å². The minimum atomic E-state index is -0.0146. The van der Waals surface area contributed by atoms with Crippen molar-refractivity contribution in [3.05, 3.63) is 72.1 Å². The molecule has 5 nitrogen and oxygen atoms in total. The van der Waals surface area contributed by atoms with Gasteiger partial charge in [-0.2, -0.15) is 0 Å². The van der Waals surface area contributed by atoms with E-state index < -0.39 is 0 Å². The number of nitrogens with zero attached hydrogens (tertiary/aromatic N) is 1. The first-order valence-electron chi connectivity index (χ1n) is 9.73. The molecule has 28 heavy (non-hydrogen) atoms. The molecule has 2 aromatic carbocycles. The molecule has 2 aliphatic rings. The average Bonchev–Trinajstić information content (AvgIpc) is 3.63. The van der Waals surface area contributed by atoms with Crippen molar-refractivity contribution in [1.82, 2.24) is 10.3 Å². The number of carbonyl (C=O) groups is 2. The van der Waals surface area contributed by atoms with E-state index in [1.165, 1.54) is 0 Å². The number of rotatable bonds is 5. The Kier molecular flexibility index (Phi) is 4.08. The highest BCUT2D eigenvalue weighted by Crippen LogP contribution is 2.48. The lowest BCUT2D eigenvalue weighted by molar-refractivity contribution is -0.117. The Hall–Kier alpha value is -3.21. The van der Waals surface area contributed by atoms with Crippen molar-refractivity contribution >= 4 is 28.3 Å². The van der Waals surface area contributed by atoms with Crippen LogP contribution in [0.3, 0.4) is 0 Å². The number of nitrogens with one attached hydrogen (secondary N) is 2.